The number of likely N-dealkylation sites (tertiary alicyclic amines) is 1. The van der Waals surface area contributed by atoms with E-state index in [-0.39, 0.29) is 0 Å². The summed E-state index contributed by atoms with van der Waals surface area (Å²) >= 11 is 1.93. The first-order valence-corrected chi connectivity index (χ1v) is 9.61. The van der Waals surface area contributed by atoms with Gasteiger partial charge in [0.1, 0.15) is 0 Å². The third-order valence-electron chi connectivity index (χ3n) is 5.32. The number of piperidine rings is 1. The van der Waals surface area contributed by atoms with Crippen LogP contribution in [0.4, 0.5) is 0 Å². The van der Waals surface area contributed by atoms with Crippen LogP contribution < -0.4 is 5.32 Å². The largest absolute Gasteiger partial charge is 0.312 e. The first-order valence-electron chi connectivity index (χ1n) is 8.73. The Morgan fingerprint density at radius 1 is 1.29 bits per heavy atom. The molecule has 1 N–H and O–H groups in total. The van der Waals surface area contributed by atoms with E-state index in [9.17, 15) is 0 Å². The van der Waals surface area contributed by atoms with Gasteiger partial charge in [-0.05, 0) is 57.0 Å². The first kappa shape index (κ1) is 15.5. The van der Waals surface area contributed by atoms with Crippen molar-refractivity contribution < 1.29 is 0 Å². The molecule has 1 aromatic rings. The first-order chi connectivity index (χ1) is 10.2. The van der Waals surface area contributed by atoms with Gasteiger partial charge in [0.2, 0.25) is 0 Å². The van der Waals surface area contributed by atoms with Gasteiger partial charge in [-0.15, -0.1) is 11.3 Å². The summed E-state index contributed by atoms with van der Waals surface area (Å²) in [5.74, 6) is 1.67. The highest BCUT2D eigenvalue weighted by molar-refractivity contribution is 7.10. The topological polar surface area (TPSA) is 15.3 Å². The molecule has 1 aliphatic heterocycles. The molecule has 3 heteroatoms. The van der Waals surface area contributed by atoms with Crippen LogP contribution in [0.2, 0.25) is 0 Å². The van der Waals surface area contributed by atoms with Gasteiger partial charge >= 0.3 is 0 Å². The molecular weight excluding hydrogens is 276 g/mol. The predicted octanol–water partition coefficient (Wildman–Crippen LogP) is 4.09. The van der Waals surface area contributed by atoms with E-state index in [1.807, 2.05) is 11.3 Å². The van der Waals surface area contributed by atoms with Crippen molar-refractivity contribution in [3.8, 4) is 0 Å². The Labute approximate surface area is 133 Å². The Hall–Kier alpha value is -0.380. The van der Waals surface area contributed by atoms with Crippen LogP contribution >= 0.6 is 11.3 Å². The second kappa shape index (κ2) is 7.26. The second-order valence-corrected chi connectivity index (χ2v) is 8.23. The molecule has 1 saturated heterocycles. The van der Waals surface area contributed by atoms with Crippen molar-refractivity contribution in [3.05, 3.63) is 22.4 Å². The van der Waals surface area contributed by atoms with Crippen LogP contribution in [-0.2, 0) is 0 Å². The monoisotopic (exact) mass is 306 g/mol. The lowest BCUT2D eigenvalue weighted by atomic mass is 9.91. The number of nitrogens with one attached hydrogen (secondary N) is 1. The molecule has 1 aromatic heterocycles. The van der Waals surface area contributed by atoms with Crippen LogP contribution in [0.15, 0.2) is 17.5 Å². The summed E-state index contributed by atoms with van der Waals surface area (Å²) in [5, 5.41) is 6.13. The number of rotatable bonds is 5. The molecule has 2 heterocycles. The fourth-order valence-corrected chi connectivity index (χ4v) is 4.81. The Morgan fingerprint density at radius 3 is 2.76 bits per heavy atom. The van der Waals surface area contributed by atoms with Gasteiger partial charge in [0.25, 0.3) is 0 Å². The molecule has 2 fully saturated rings. The fraction of sp³-hybridized carbons (Fsp3) is 0.778. The minimum Gasteiger partial charge on any atom is -0.312 e. The zero-order valence-corrected chi connectivity index (χ0v) is 14.4. The third kappa shape index (κ3) is 4.08. The summed E-state index contributed by atoms with van der Waals surface area (Å²) in [7, 11) is 0. The van der Waals surface area contributed by atoms with Crippen LogP contribution in [0.5, 0.6) is 0 Å². The summed E-state index contributed by atoms with van der Waals surface area (Å²) in [5.41, 5.74) is 0. The van der Waals surface area contributed by atoms with Crippen LogP contribution in [-0.4, -0.2) is 36.6 Å². The molecule has 0 spiro atoms. The summed E-state index contributed by atoms with van der Waals surface area (Å²) in [4.78, 5) is 4.24. The summed E-state index contributed by atoms with van der Waals surface area (Å²) < 4.78 is 0. The molecule has 2 aliphatic rings. The van der Waals surface area contributed by atoms with Crippen LogP contribution in [0.1, 0.15) is 56.7 Å². The summed E-state index contributed by atoms with van der Waals surface area (Å²) in [6, 6.07) is 5.86. The van der Waals surface area contributed by atoms with Gasteiger partial charge in [-0.1, -0.05) is 18.9 Å². The lowest BCUT2D eigenvalue weighted by Crippen LogP contribution is -2.51. The van der Waals surface area contributed by atoms with E-state index in [0.29, 0.717) is 12.1 Å². The molecular formula is C18H30N2S. The van der Waals surface area contributed by atoms with Gasteiger partial charge in [-0.25, -0.2) is 0 Å². The predicted molar refractivity (Wildman–Crippen MR) is 92.1 cm³/mol. The van der Waals surface area contributed by atoms with E-state index < -0.39 is 0 Å². The Bertz CT molecular complexity index is 409. The van der Waals surface area contributed by atoms with Gasteiger partial charge in [-0.3, -0.25) is 4.90 Å². The average Bonchev–Trinajstić information content (AvgIpc) is 3.18. The van der Waals surface area contributed by atoms with Crippen molar-refractivity contribution in [1.29, 1.82) is 0 Å². The maximum atomic E-state index is 3.90. The molecule has 1 aliphatic carbocycles. The van der Waals surface area contributed by atoms with Gasteiger partial charge in [0, 0.05) is 36.0 Å². The van der Waals surface area contributed by atoms with Crippen molar-refractivity contribution in [2.24, 2.45) is 5.92 Å². The molecule has 0 aromatic carbocycles. The Balaban J connectivity index is 1.59. The minimum absolute atomic E-state index is 0.656. The zero-order valence-electron chi connectivity index (χ0n) is 13.6. The molecule has 1 saturated carbocycles. The van der Waals surface area contributed by atoms with Gasteiger partial charge in [0.05, 0.1) is 0 Å². The summed E-state index contributed by atoms with van der Waals surface area (Å²) in [6.45, 7) is 8.38. The number of thiophene rings is 1. The van der Waals surface area contributed by atoms with Crippen LogP contribution in [0.25, 0.3) is 0 Å². The molecule has 2 unspecified atom stereocenters. The molecule has 0 radical (unpaired) electrons. The molecule has 2 nitrogen and oxygen atoms in total. The Morgan fingerprint density at radius 2 is 2.10 bits per heavy atom. The summed E-state index contributed by atoms with van der Waals surface area (Å²) in [6.07, 6.45) is 7.11. The van der Waals surface area contributed by atoms with E-state index in [1.54, 1.807) is 4.88 Å². The highest BCUT2D eigenvalue weighted by Crippen LogP contribution is 2.31. The third-order valence-corrected chi connectivity index (χ3v) is 6.36. The fourth-order valence-electron chi connectivity index (χ4n) is 3.98. The number of nitrogens with zero attached hydrogens (tertiary/aromatic N) is 1. The van der Waals surface area contributed by atoms with Crippen LogP contribution in [0, 0.1) is 5.92 Å². The smallest absolute Gasteiger partial charge is 0.0201 e. The van der Waals surface area contributed by atoms with Crippen molar-refractivity contribution in [3.63, 3.8) is 0 Å². The van der Waals surface area contributed by atoms with Gasteiger partial charge in [-0.2, -0.15) is 0 Å². The molecule has 3 rings (SSSR count). The van der Waals surface area contributed by atoms with E-state index in [0.717, 1.165) is 11.8 Å². The van der Waals surface area contributed by atoms with Crippen molar-refractivity contribution in [1.82, 2.24) is 10.2 Å². The van der Waals surface area contributed by atoms with E-state index in [1.165, 1.54) is 51.7 Å². The maximum Gasteiger partial charge on any atom is 0.0201 e. The molecule has 21 heavy (non-hydrogen) atoms. The lowest BCUT2D eigenvalue weighted by Gasteiger charge is -2.40. The lowest BCUT2D eigenvalue weighted by molar-refractivity contribution is 0.137. The SMILES string of the molecule is CC(C)N1CC(NCC2CCCC2)CC(c2cccs2)C1. The van der Waals surface area contributed by atoms with Crippen molar-refractivity contribution in [2.45, 2.75) is 64.0 Å². The second-order valence-electron chi connectivity index (χ2n) is 7.25. The molecule has 0 bridgehead atoms. The quantitative estimate of drug-likeness (QED) is 0.881. The zero-order chi connectivity index (χ0) is 14.7. The van der Waals surface area contributed by atoms with Crippen molar-refractivity contribution in [2.75, 3.05) is 19.6 Å². The highest BCUT2D eigenvalue weighted by Gasteiger charge is 2.30. The molecule has 0 amide bonds. The van der Waals surface area contributed by atoms with Crippen LogP contribution in [0.3, 0.4) is 0 Å². The highest BCUT2D eigenvalue weighted by atomic mass is 32.1. The average molecular weight is 307 g/mol. The van der Waals surface area contributed by atoms with E-state index >= 15 is 0 Å². The standard InChI is InChI=1S/C18H30N2S/c1-14(2)20-12-16(18-8-5-9-21-18)10-17(13-20)19-11-15-6-3-4-7-15/h5,8-9,14-17,19H,3-4,6-7,10-13H2,1-2H3. The van der Waals surface area contributed by atoms with Gasteiger partial charge in [0.15, 0.2) is 0 Å². The Kier molecular flexibility index (Phi) is 5.36. The number of hydrogen-bond acceptors (Lipinski definition) is 3. The minimum atomic E-state index is 0.656. The number of hydrogen-bond donors (Lipinski definition) is 1. The molecule has 118 valence electrons. The normalized spacial score (nSPS) is 28.5. The van der Waals surface area contributed by atoms with E-state index in [2.05, 4.69) is 41.6 Å². The maximum absolute atomic E-state index is 3.90. The van der Waals surface area contributed by atoms with Gasteiger partial charge < -0.3 is 5.32 Å². The van der Waals surface area contributed by atoms with Crippen molar-refractivity contribution >= 4 is 11.3 Å². The molecule has 2 atom stereocenters. The van der Waals surface area contributed by atoms with E-state index in [4.69, 9.17) is 0 Å².